The molecule has 0 spiro atoms. The first-order valence-electron chi connectivity index (χ1n) is 7.36. The summed E-state index contributed by atoms with van der Waals surface area (Å²) in [6.45, 7) is 18.8. The molecule has 3 heteroatoms. The Balaban J connectivity index is 3.23. The van der Waals surface area contributed by atoms with Gasteiger partial charge in [-0.25, -0.2) is 0 Å². The molecular weight excluding hydrogens is 248 g/mol. The lowest BCUT2D eigenvalue weighted by molar-refractivity contribution is -0.126. The highest BCUT2D eigenvalue weighted by atomic mass is 16.2. The molecule has 114 valence electrons. The minimum atomic E-state index is -0.253. The maximum atomic E-state index is 12.7. The van der Waals surface area contributed by atoms with Crippen LogP contribution in [0.2, 0.25) is 0 Å². The summed E-state index contributed by atoms with van der Waals surface area (Å²) in [4.78, 5) is 19.3. The first kappa shape index (κ1) is 16.9. The van der Waals surface area contributed by atoms with Crippen molar-refractivity contribution < 1.29 is 4.79 Å². The minimum Gasteiger partial charge on any atom is -0.288 e. The minimum absolute atomic E-state index is 0.0994. The summed E-state index contributed by atoms with van der Waals surface area (Å²) in [6, 6.07) is 0. The highest BCUT2D eigenvalue weighted by Gasteiger charge is 2.38. The zero-order valence-electron chi connectivity index (χ0n) is 14.6. The standard InChI is InChI=1S/C17H30N2O/c1-15(2,3)11-12-10-13(18-16(4,5)6)19(14(12)20)17(7,8)9/h10H,11H2,1-9H3/b18-13+. The fraction of sp³-hybridized carbons (Fsp3) is 0.765. The number of aliphatic imine (C=N–C) groups is 1. The lowest BCUT2D eigenvalue weighted by Crippen LogP contribution is -2.46. The van der Waals surface area contributed by atoms with Crippen molar-refractivity contribution in [3.8, 4) is 0 Å². The molecule has 0 radical (unpaired) electrons. The molecule has 0 aliphatic carbocycles. The SMILES string of the molecule is CC(C)(C)CC1=C/C(=N\C(C)(C)C)N(C(C)(C)C)C1=O. The van der Waals surface area contributed by atoms with Crippen LogP contribution < -0.4 is 0 Å². The van der Waals surface area contributed by atoms with Crippen LogP contribution in [0.4, 0.5) is 0 Å². The van der Waals surface area contributed by atoms with Gasteiger partial charge in [0, 0.05) is 11.1 Å². The summed E-state index contributed by atoms with van der Waals surface area (Å²) >= 11 is 0. The third kappa shape index (κ3) is 4.46. The van der Waals surface area contributed by atoms with Gasteiger partial charge in [0.25, 0.3) is 5.91 Å². The van der Waals surface area contributed by atoms with E-state index < -0.39 is 0 Å². The summed E-state index contributed by atoms with van der Waals surface area (Å²) < 4.78 is 0. The first-order valence-corrected chi connectivity index (χ1v) is 7.36. The average Bonchev–Trinajstić information content (AvgIpc) is 2.35. The molecular formula is C17H30N2O. The van der Waals surface area contributed by atoms with Crippen molar-refractivity contribution in [2.24, 2.45) is 10.4 Å². The van der Waals surface area contributed by atoms with E-state index >= 15 is 0 Å². The van der Waals surface area contributed by atoms with Crippen LogP contribution in [0.5, 0.6) is 0 Å². The van der Waals surface area contributed by atoms with E-state index in [0.717, 1.165) is 17.8 Å². The van der Waals surface area contributed by atoms with E-state index in [1.54, 1.807) is 0 Å². The van der Waals surface area contributed by atoms with Crippen LogP contribution in [0.25, 0.3) is 0 Å². The molecule has 3 nitrogen and oxygen atoms in total. The summed E-state index contributed by atoms with van der Waals surface area (Å²) in [6.07, 6.45) is 2.76. The van der Waals surface area contributed by atoms with Crippen LogP contribution in [0, 0.1) is 5.41 Å². The highest BCUT2D eigenvalue weighted by molar-refractivity contribution is 6.19. The maximum absolute atomic E-state index is 12.7. The molecule has 1 rings (SSSR count). The molecule has 0 bridgehead atoms. The highest BCUT2D eigenvalue weighted by Crippen LogP contribution is 2.32. The van der Waals surface area contributed by atoms with Gasteiger partial charge in [-0.15, -0.1) is 0 Å². The molecule has 1 amide bonds. The van der Waals surface area contributed by atoms with E-state index in [9.17, 15) is 4.79 Å². The largest absolute Gasteiger partial charge is 0.288 e. The van der Waals surface area contributed by atoms with Crippen LogP contribution in [0.15, 0.2) is 16.6 Å². The van der Waals surface area contributed by atoms with E-state index in [1.165, 1.54) is 0 Å². The molecule has 0 aromatic rings. The topological polar surface area (TPSA) is 32.7 Å². The normalized spacial score (nSPS) is 19.9. The quantitative estimate of drug-likeness (QED) is 0.708. The monoisotopic (exact) mass is 278 g/mol. The number of amides is 1. The fourth-order valence-electron chi connectivity index (χ4n) is 2.30. The molecule has 0 fully saturated rings. The van der Waals surface area contributed by atoms with E-state index in [4.69, 9.17) is 4.99 Å². The Kier molecular flexibility index (Phi) is 4.24. The Morgan fingerprint density at radius 1 is 1.00 bits per heavy atom. The molecule has 1 aliphatic heterocycles. The van der Waals surface area contributed by atoms with Crippen molar-refractivity contribution >= 4 is 11.7 Å². The van der Waals surface area contributed by atoms with Gasteiger partial charge in [-0.05, 0) is 59.5 Å². The van der Waals surface area contributed by atoms with Gasteiger partial charge in [0.05, 0.1) is 5.54 Å². The van der Waals surface area contributed by atoms with E-state index in [-0.39, 0.29) is 22.4 Å². The molecule has 0 atom stereocenters. The van der Waals surface area contributed by atoms with Gasteiger partial charge in [-0.2, -0.15) is 0 Å². The number of hydrogen-bond acceptors (Lipinski definition) is 2. The lowest BCUT2D eigenvalue weighted by Gasteiger charge is -2.33. The van der Waals surface area contributed by atoms with Crippen LogP contribution in [-0.2, 0) is 4.79 Å². The second-order valence-corrected chi connectivity index (χ2v) is 8.86. The van der Waals surface area contributed by atoms with Crippen molar-refractivity contribution in [1.82, 2.24) is 4.90 Å². The molecule has 0 aromatic heterocycles. The maximum Gasteiger partial charge on any atom is 0.255 e. The van der Waals surface area contributed by atoms with Crippen molar-refractivity contribution in [2.75, 3.05) is 0 Å². The van der Waals surface area contributed by atoms with Crippen LogP contribution in [0.1, 0.15) is 68.7 Å². The van der Waals surface area contributed by atoms with E-state index in [1.807, 2.05) is 11.0 Å². The summed E-state index contributed by atoms with van der Waals surface area (Å²) in [5.41, 5.74) is 0.530. The number of amidine groups is 1. The predicted octanol–water partition coefficient (Wildman–Crippen LogP) is 4.19. The zero-order chi connectivity index (χ0) is 15.9. The van der Waals surface area contributed by atoms with Gasteiger partial charge in [0.2, 0.25) is 0 Å². The van der Waals surface area contributed by atoms with Gasteiger partial charge in [-0.1, -0.05) is 20.8 Å². The second-order valence-electron chi connectivity index (χ2n) is 8.86. The average molecular weight is 278 g/mol. The molecule has 0 unspecified atom stereocenters. The second kappa shape index (κ2) is 5.01. The zero-order valence-corrected chi connectivity index (χ0v) is 14.6. The van der Waals surface area contributed by atoms with Crippen LogP contribution in [0.3, 0.4) is 0 Å². The van der Waals surface area contributed by atoms with Crippen molar-refractivity contribution in [1.29, 1.82) is 0 Å². The molecule has 1 heterocycles. The number of rotatable bonds is 1. The van der Waals surface area contributed by atoms with Crippen molar-refractivity contribution in [3.63, 3.8) is 0 Å². The van der Waals surface area contributed by atoms with Crippen LogP contribution >= 0.6 is 0 Å². The molecule has 20 heavy (non-hydrogen) atoms. The third-order valence-corrected chi connectivity index (χ3v) is 2.85. The smallest absolute Gasteiger partial charge is 0.255 e. The molecule has 0 aromatic carbocycles. The Morgan fingerprint density at radius 3 is 1.85 bits per heavy atom. The third-order valence-electron chi connectivity index (χ3n) is 2.85. The fourth-order valence-corrected chi connectivity index (χ4v) is 2.30. The Labute approximate surface area is 124 Å². The molecule has 0 saturated heterocycles. The lowest BCUT2D eigenvalue weighted by atomic mass is 9.88. The predicted molar refractivity (Wildman–Crippen MR) is 85.9 cm³/mol. The van der Waals surface area contributed by atoms with Gasteiger partial charge >= 0.3 is 0 Å². The van der Waals surface area contributed by atoms with Crippen molar-refractivity contribution in [2.45, 2.75) is 79.8 Å². The number of hydrogen-bond donors (Lipinski definition) is 0. The molecule has 0 N–H and O–H groups in total. The van der Waals surface area contributed by atoms with Gasteiger partial charge in [-0.3, -0.25) is 14.7 Å². The number of carbonyl (C=O) groups is 1. The van der Waals surface area contributed by atoms with Gasteiger partial charge in [0.1, 0.15) is 5.84 Å². The number of nitrogens with zero attached hydrogens (tertiary/aromatic N) is 2. The first-order chi connectivity index (χ1) is 8.71. The van der Waals surface area contributed by atoms with E-state index in [0.29, 0.717) is 0 Å². The summed E-state index contributed by atoms with van der Waals surface area (Å²) in [5.74, 6) is 0.907. The number of carbonyl (C=O) groups excluding carboxylic acids is 1. The molecule has 0 saturated carbocycles. The molecule has 1 aliphatic rings. The Hall–Kier alpha value is -1.12. The Morgan fingerprint density at radius 2 is 1.50 bits per heavy atom. The summed E-state index contributed by atoms with van der Waals surface area (Å²) in [5, 5.41) is 0. The van der Waals surface area contributed by atoms with Gasteiger partial charge in [0.15, 0.2) is 0 Å². The summed E-state index contributed by atoms with van der Waals surface area (Å²) in [7, 11) is 0. The van der Waals surface area contributed by atoms with Crippen molar-refractivity contribution in [3.05, 3.63) is 11.6 Å². The van der Waals surface area contributed by atoms with Gasteiger partial charge < -0.3 is 0 Å². The Bertz CT molecular complexity index is 451. The van der Waals surface area contributed by atoms with E-state index in [2.05, 4.69) is 62.3 Å². The van der Waals surface area contributed by atoms with Crippen LogP contribution in [-0.4, -0.2) is 27.7 Å².